The zero-order valence-electron chi connectivity index (χ0n) is 13.9. The summed E-state index contributed by atoms with van der Waals surface area (Å²) in [6, 6.07) is 0. The maximum absolute atomic E-state index is 11.5. The number of hydrogen-bond acceptors (Lipinski definition) is 2. The minimum absolute atomic E-state index is 0.00659. The van der Waals surface area contributed by atoms with Crippen LogP contribution in [0.5, 0.6) is 0 Å². The molecule has 0 saturated heterocycles. The van der Waals surface area contributed by atoms with Crippen molar-refractivity contribution in [3.8, 4) is 0 Å². The van der Waals surface area contributed by atoms with Gasteiger partial charge in [-0.3, -0.25) is 4.79 Å². The summed E-state index contributed by atoms with van der Waals surface area (Å²) in [5.74, 6) is 0.00659. The molecule has 0 heterocycles. The van der Waals surface area contributed by atoms with E-state index in [2.05, 4.69) is 13.8 Å². The summed E-state index contributed by atoms with van der Waals surface area (Å²) in [5, 5.41) is 0. The predicted molar refractivity (Wildman–Crippen MR) is 86.9 cm³/mol. The van der Waals surface area contributed by atoms with E-state index in [1.54, 1.807) is 0 Å². The lowest BCUT2D eigenvalue weighted by molar-refractivity contribution is -0.143. The molecule has 0 unspecified atom stereocenters. The van der Waals surface area contributed by atoms with Gasteiger partial charge in [0.15, 0.2) is 0 Å². The molecule has 0 saturated carbocycles. The summed E-state index contributed by atoms with van der Waals surface area (Å²) in [4.78, 5) is 11.5. The molecule has 120 valence electrons. The van der Waals surface area contributed by atoms with Crippen LogP contribution < -0.4 is 0 Å². The number of unbranched alkanes of at least 4 members (excludes halogenated alkanes) is 11. The highest BCUT2D eigenvalue weighted by atomic mass is 16.5. The number of hydrogen-bond donors (Lipinski definition) is 0. The van der Waals surface area contributed by atoms with Crippen LogP contribution in [0.4, 0.5) is 0 Å². The van der Waals surface area contributed by atoms with E-state index in [0.717, 1.165) is 12.8 Å². The van der Waals surface area contributed by atoms with Crippen LogP contribution in [0.15, 0.2) is 0 Å². The first-order valence-corrected chi connectivity index (χ1v) is 8.96. The quantitative estimate of drug-likeness (QED) is 0.271. The molecule has 0 fully saturated rings. The third-order valence-electron chi connectivity index (χ3n) is 3.75. The summed E-state index contributed by atoms with van der Waals surface area (Å²) in [6.45, 7) is 5.09. The van der Waals surface area contributed by atoms with Crippen molar-refractivity contribution in [3.05, 3.63) is 0 Å². The molecular formula is C18H36O2. The Hall–Kier alpha value is -0.530. The Morgan fingerprint density at radius 3 is 1.65 bits per heavy atom. The minimum atomic E-state index is 0.00659. The molecule has 0 aliphatic rings. The van der Waals surface area contributed by atoms with Gasteiger partial charge in [0.2, 0.25) is 0 Å². The van der Waals surface area contributed by atoms with Crippen molar-refractivity contribution < 1.29 is 9.53 Å². The van der Waals surface area contributed by atoms with Gasteiger partial charge >= 0.3 is 5.97 Å². The van der Waals surface area contributed by atoms with Gasteiger partial charge in [-0.25, -0.2) is 0 Å². The number of rotatable bonds is 15. The SMILES string of the molecule is CCCCCCCCCC(=O)OCCCCCCCC. The molecule has 0 aliphatic heterocycles. The molecule has 2 nitrogen and oxygen atoms in total. The van der Waals surface area contributed by atoms with E-state index >= 15 is 0 Å². The van der Waals surface area contributed by atoms with E-state index in [1.165, 1.54) is 70.6 Å². The van der Waals surface area contributed by atoms with Gasteiger partial charge in [0.05, 0.1) is 6.61 Å². The van der Waals surface area contributed by atoms with Crippen LogP contribution in [0.2, 0.25) is 0 Å². The first kappa shape index (κ1) is 19.5. The van der Waals surface area contributed by atoms with Gasteiger partial charge in [-0.15, -0.1) is 0 Å². The molecule has 0 amide bonds. The fraction of sp³-hybridized carbons (Fsp3) is 0.944. The van der Waals surface area contributed by atoms with Crippen LogP contribution >= 0.6 is 0 Å². The number of carbonyl (C=O) groups excluding carboxylic acids is 1. The maximum Gasteiger partial charge on any atom is 0.305 e. The second-order valence-corrected chi connectivity index (χ2v) is 5.86. The van der Waals surface area contributed by atoms with Crippen LogP contribution in [0.3, 0.4) is 0 Å². The maximum atomic E-state index is 11.5. The van der Waals surface area contributed by atoms with Crippen LogP contribution in [-0.4, -0.2) is 12.6 Å². The van der Waals surface area contributed by atoms with E-state index in [9.17, 15) is 4.79 Å². The lowest BCUT2D eigenvalue weighted by Crippen LogP contribution is -2.05. The summed E-state index contributed by atoms with van der Waals surface area (Å²) in [5.41, 5.74) is 0. The van der Waals surface area contributed by atoms with Crippen LogP contribution in [0, 0.1) is 0 Å². The van der Waals surface area contributed by atoms with Crippen molar-refractivity contribution in [1.82, 2.24) is 0 Å². The molecule has 0 aliphatic carbocycles. The van der Waals surface area contributed by atoms with Crippen LogP contribution in [0.1, 0.15) is 104 Å². The molecule has 0 atom stereocenters. The second kappa shape index (κ2) is 16.5. The second-order valence-electron chi connectivity index (χ2n) is 5.86. The topological polar surface area (TPSA) is 26.3 Å². The highest BCUT2D eigenvalue weighted by Crippen LogP contribution is 2.09. The smallest absolute Gasteiger partial charge is 0.305 e. The van der Waals surface area contributed by atoms with E-state index in [4.69, 9.17) is 4.74 Å². The Morgan fingerprint density at radius 2 is 1.10 bits per heavy atom. The van der Waals surface area contributed by atoms with Gasteiger partial charge in [0.1, 0.15) is 0 Å². The molecule has 2 heteroatoms. The predicted octanol–water partition coefficient (Wildman–Crippen LogP) is 6.03. The zero-order chi connectivity index (χ0) is 14.9. The van der Waals surface area contributed by atoms with Gasteiger partial charge < -0.3 is 4.74 Å². The highest BCUT2D eigenvalue weighted by molar-refractivity contribution is 5.69. The molecule has 0 aromatic heterocycles. The van der Waals surface area contributed by atoms with Crippen molar-refractivity contribution in [2.45, 2.75) is 104 Å². The average Bonchev–Trinajstić information content (AvgIpc) is 2.45. The fourth-order valence-corrected chi connectivity index (χ4v) is 2.37. The molecule has 20 heavy (non-hydrogen) atoms. The van der Waals surface area contributed by atoms with Gasteiger partial charge in [-0.05, 0) is 12.8 Å². The summed E-state index contributed by atoms with van der Waals surface area (Å²) >= 11 is 0. The third-order valence-corrected chi connectivity index (χ3v) is 3.75. The fourth-order valence-electron chi connectivity index (χ4n) is 2.37. The summed E-state index contributed by atoms with van der Waals surface area (Å²) in [6.07, 6.45) is 16.8. The first-order chi connectivity index (χ1) is 9.81. The summed E-state index contributed by atoms with van der Waals surface area (Å²) in [7, 11) is 0. The lowest BCUT2D eigenvalue weighted by atomic mass is 10.1. The monoisotopic (exact) mass is 284 g/mol. The highest BCUT2D eigenvalue weighted by Gasteiger charge is 2.02. The van der Waals surface area contributed by atoms with Crippen molar-refractivity contribution in [2.24, 2.45) is 0 Å². The van der Waals surface area contributed by atoms with Crippen molar-refractivity contribution in [1.29, 1.82) is 0 Å². The molecule has 0 rings (SSSR count). The molecule has 0 radical (unpaired) electrons. The Bertz CT molecular complexity index is 182. The standard InChI is InChI=1S/C18H36O2/c1-3-5-7-9-11-12-14-16-18(19)20-17-15-13-10-8-6-4-2/h3-17H2,1-2H3. The number of ether oxygens (including phenoxy) is 1. The average molecular weight is 284 g/mol. The molecule has 0 aromatic rings. The Morgan fingerprint density at radius 1 is 0.650 bits per heavy atom. The van der Waals surface area contributed by atoms with Crippen molar-refractivity contribution in [3.63, 3.8) is 0 Å². The third kappa shape index (κ3) is 15.5. The lowest BCUT2D eigenvalue weighted by Gasteiger charge is -2.05. The number of carbonyl (C=O) groups is 1. The van der Waals surface area contributed by atoms with E-state index < -0.39 is 0 Å². The van der Waals surface area contributed by atoms with Crippen molar-refractivity contribution >= 4 is 5.97 Å². The molecular weight excluding hydrogens is 248 g/mol. The summed E-state index contributed by atoms with van der Waals surface area (Å²) < 4.78 is 5.25. The van der Waals surface area contributed by atoms with Crippen LogP contribution in [-0.2, 0) is 9.53 Å². The molecule has 0 bridgehead atoms. The van der Waals surface area contributed by atoms with Crippen LogP contribution in [0.25, 0.3) is 0 Å². The first-order valence-electron chi connectivity index (χ1n) is 8.96. The Labute approximate surface area is 126 Å². The van der Waals surface area contributed by atoms with Gasteiger partial charge in [-0.2, -0.15) is 0 Å². The normalized spacial score (nSPS) is 10.7. The number of esters is 1. The van der Waals surface area contributed by atoms with Crippen molar-refractivity contribution in [2.75, 3.05) is 6.61 Å². The van der Waals surface area contributed by atoms with Gasteiger partial charge in [-0.1, -0.05) is 84.5 Å². The zero-order valence-corrected chi connectivity index (χ0v) is 13.9. The van der Waals surface area contributed by atoms with E-state index in [0.29, 0.717) is 13.0 Å². The minimum Gasteiger partial charge on any atom is -0.466 e. The van der Waals surface area contributed by atoms with Gasteiger partial charge in [0.25, 0.3) is 0 Å². The Balaban J connectivity index is 3.13. The van der Waals surface area contributed by atoms with E-state index in [-0.39, 0.29) is 5.97 Å². The largest absolute Gasteiger partial charge is 0.466 e. The molecule has 0 spiro atoms. The molecule has 0 N–H and O–H groups in total. The van der Waals surface area contributed by atoms with Gasteiger partial charge in [0, 0.05) is 6.42 Å². The Kier molecular flexibility index (Phi) is 16.1. The van der Waals surface area contributed by atoms with E-state index in [1.807, 2.05) is 0 Å². The molecule has 0 aromatic carbocycles.